The Balaban J connectivity index is 1.73. The molecule has 0 heterocycles. The van der Waals surface area contributed by atoms with Gasteiger partial charge in [0, 0.05) is 6.54 Å². The molecular weight excluding hydrogens is 190 g/mol. The van der Waals surface area contributed by atoms with E-state index in [0.717, 1.165) is 12.5 Å². The molecular formula is C12H15NO2. The van der Waals surface area contributed by atoms with Gasteiger partial charge in [0.1, 0.15) is 5.75 Å². The fourth-order valence-electron chi connectivity index (χ4n) is 1.53. The summed E-state index contributed by atoms with van der Waals surface area (Å²) in [4.78, 5) is 11.3. The number of hydrogen-bond donors (Lipinski definition) is 1. The van der Waals surface area contributed by atoms with Crippen LogP contribution in [0.5, 0.6) is 5.75 Å². The molecule has 1 fully saturated rings. The highest BCUT2D eigenvalue weighted by Gasteiger charge is 2.32. The summed E-state index contributed by atoms with van der Waals surface area (Å²) in [6.07, 6.45) is 0.853. The molecule has 0 aromatic heterocycles. The molecule has 1 amide bonds. The number of benzene rings is 1. The van der Waals surface area contributed by atoms with E-state index < -0.39 is 0 Å². The molecule has 2 unspecified atom stereocenters. The quantitative estimate of drug-likeness (QED) is 0.823. The molecule has 1 aliphatic carbocycles. The van der Waals surface area contributed by atoms with Gasteiger partial charge in [-0.05, 0) is 30.4 Å². The SMILES string of the molecule is CC1CC1CNC(=O)Oc1ccccc1. The summed E-state index contributed by atoms with van der Waals surface area (Å²) in [5.41, 5.74) is 0. The molecule has 2 atom stereocenters. The number of carbonyl (C=O) groups excluding carboxylic acids is 1. The molecule has 3 heteroatoms. The molecule has 0 radical (unpaired) electrons. The average molecular weight is 205 g/mol. The summed E-state index contributed by atoms with van der Waals surface area (Å²) < 4.78 is 5.08. The van der Waals surface area contributed by atoms with E-state index >= 15 is 0 Å². The molecule has 0 aliphatic heterocycles. The Morgan fingerprint density at radius 1 is 1.47 bits per heavy atom. The maximum Gasteiger partial charge on any atom is 0.412 e. The number of para-hydroxylation sites is 1. The molecule has 1 aromatic rings. The lowest BCUT2D eigenvalue weighted by Crippen LogP contribution is -2.28. The maximum absolute atomic E-state index is 11.3. The van der Waals surface area contributed by atoms with Crippen LogP contribution >= 0.6 is 0 Å². The van der Waals surface area contributed by atoms with Crippen LogP contribution < -0.4 is 10.1 Å². The molecule has 80 valence electrons. The van der Waals surface area contributed by atoms with E-state index in [1.54, 1.807) is 12.1 Å². The topological polar surface area (TPSA) is 38.3 Å². The Bertz CT molecular complexity index is 337. The van der Waals surface area contributed by atoms with E-state index in [4.69, 9.17) is 4.74 Å². The van der Waals surface area contributed by atoms with Crippen LogP contribution in [0.1, 0.15) is 13.3 Å². The molecule has 3 nitrogen and oxygen atoms in total. The van der Waals surface area contributed by atoms with Crippen molar-refractivity contribution in [3.63, 3.8) is 0 Å². The number of amides is 1. The van der Waals surface area contributed by atoms with Crippen molar-refractivity contribution < 1.29 is 9.53 Å². The van der Waals surface area contributed by atoms with E-state index in [9.17, 15) is 4.79 Å². The first kappa shape index (κ1) is 10.0. The van der Waals surface area contributed by atoms with Gasteiger partial charge in [-0.1, -0.05) is 25.1 Å². The smallest absolute Gasteiger partial charge is 0.410 e. The highest BCUT2D eigenvalue weighted by atomic mass is 16.5. The zero-order valence-electron chi connectivity index (χ0n) is 8.77. The van der Waals surface area contributed by atoms with Gasteiger partial charge in [-0.15, -0.1) is 0 Å². The summed E-state index contributed by atoms with van der Waals surface area (Å²) in [6, 6.07) is 9.09. The van der Waals surface area contributed by atoms with Crippen LogP contribution in [-0.2, 0) is 0 Å². The Morgan fingerprint density at radius 2 is 2.13 bits per heavy atom. The van der Waals surface area contributed by atoms with E-state index in [2.05, 4.69) is 12.2 Å². The lowest BCUT2D eigenvalue weighted by molar-refractivity contribution is 0.200. The van der Waals surface area contributed by atoms with Crippen molar-refractivity contribution >= 4 is 6.09 Å². The van der Waals surface area contributed by atoms with Gasteiger partial charge in [-0.25, -0.2) is 4.79 Å². The third kappa shape index (κ3) is 2.98. The Morgan fingerprint density at radius 3 is 2.73 bits per heavy atom. The van der Waals surface area contributed by atoms with Gasteiger partial charge in [-0.2, -0.15) is 0 Å². The van der Waals surface area contributed by atoms with Gasteiger partial charge < -0.3 is 10.1 Å². The summed E-state index contributed by atoms with van der Waals surface area (Å²) in [7, 11) is 0. The lowest BCUT2D eigenvalue weighted by Gasteiger charge is -2.05. The van der Waals surface area contributed by atoms with Crippen molar-refractivity contribution in [2.24, 2.45) is 11.8 Å². The molecule has 1 aromatic carbocycles. The second-order valence-corrected chi connectivity index (χ2v) is 4.06. The van der Waals surface area contributed by atoms with Gasteiger partial charge >= 0.3 is 6.09 Å². The molecule has 0 saturated heterocycles. The fourth-order valence-corrected chi connectivity index (χ4v) is 1.53. The second kappa shape index (κ2) is 4.34. The number of rotatable bonds is 3. The predicted octanol–water partition coefficient (Wildman–Crippen LogP) is 2.43. The average Bonchev–Trinajstić information content (AvgIpc) is 2.93. The minimum Gasteiger partial charge on any atom is -0.410 e. The standard InChI is InChI=1S/C12H15NO2/c1-9-7-10(9)8-13-12(14)15-11-5-3-2-4-6-11/h2-6,9-10H,7-8H2,1H3,(H,13,14). The van der Waals surface area contributed by atoms with Crippen molar-refractivity contribution in [3.8, 4) is 5.75 Å². The Hall–Kier alpha value is -1.51. The molecule has 0 spiro atoms. The summed E-state index contributed by atoms with van der Waals surface area (Å²) in [5.74, 6) is 1.98. The summed E-state index contributed by atoms with van der Waals surface area (Å²) in [6.45, 7) is 2.92. The highest BCUT2D eigenvalue weighted by Crippen LogP contribution is 2.36. The predicted molar refractivity (Wildman–Crippen MR) is 57.7 cm³/mol. The van der Waals surface area contributed by atoms with Gasteiger partial charge in [-0.3, -0.25) is 0 Å². The van der Waals surface area contributed by atoms with Crippen molar-refractivity contribution in [2.75, 3.05) is 6.54 Å². The first-order valence-electron chi connectivity index (χ1n) is 5.26. The minimum absolute atomic E-state index is 0.361. The largest absolute Gasteiger partial charge is 0.412 e. The molecule has 0 bridgehead atoms. The third-order valence-electron chi connectivity index (χ3n) is 2.74. The van der Waals surface area contributed by atoms with E-state index in [1.165, 1.54) is 6.42 Å². The zero-order valence-corrected chi connectivity index (χ0v) is 8.77. The van der Waals surface area contributed by atoms with Crippen LogP contribution in [0.4, 0.5) is 4.79 Å². The van der Waals surface area contributed by atoms with Gasteiger partial charge in [0.15, 0.2) is 0 Å². The van der Waals surface area contributed by atoms with Gasteiger partial charge in [0.05, 0.1) is 0 Å². The maximum atomic E-state index is 11.3. The Labute approximate surface area is 89.4 Å². The van der Waals surface area contributed by atoms with Gasteiger partial charge in [0.2, 0.25) is 0 Å². The molecule has 1 aliphatic rings. The normalized spacial score (nSPS) is 23.3. The number of hydrogen-bond acceptors (Lipinski definition) is 2. The summed E-state index contributed by atoms with van der Waals surface area (Å²) >= 11 is 0. The minimum atomic E-state index is -0.361. The van der Waals surface area contributed by atoms with E-state index in [1.807, 2.05) is 18.2 Å². The van der Waals surface area contributed by atoms with Crippen LogP contribution in [0.2, 0.25) is 0 Å². The van der Waals surface area contributed by atoms with E-state index in [0.29, 0.717) is 11.7 Å². The number of nitrogens with one attached hydrogen (secondary N) is 1. The van der Waals surface area contributed by atoms with Crippen molar-refractivity contribution in [3.05, 3.63) is 30.3 Å². The zero-order chi connectivity index (χ0) is 10.7. The van der Waals surface area contributed by atoms with Crippen LogP contribution in [0, 0.1) is 11.8 Å². The monoisotopic (exact) mass is 205 g/mol. The number of ether oxygens (including phenoxy) is 1. The van der Waals surface area contributed by atoms with Crippen molar-refractivity contribution in [2.45, 2.75) is 13.3 Å². The first-order valence-corrected chi connectivity index (χ1v) is 5.26. The highest BCUT2D eigenvalue weighted by molar-refractivity contribution is 5.70. The van der Waals surface area contributed by atoms with Crippen LogP contribution in [0.3, 0.4) is 0 Å². The molecule has 1 N–H and O–H groups in total. The van der Waals surface area contributed by atoms with Crippen LogP contribution in [0.15, 0.2) is 30.3 Å². The lowest BCUT2D eigenvalue weighted by atomic mass is 10.3. The molecule has 1 saturated carbocycles. The third-order valence-corrected chi connectivity index (χ3v) is 2.74. The summed E-state index contributed by atoms with van der Waals surface area (Å²) in [5, 5.41) is 2.76. The second-order valence-electron chi connectivity index (χ2n) is 4.06. The first-order chi connectivity index (χ1) is 7.25. The Kier molecular flexibility index (Phi) is 2.90. The number of carbonyl (C=O) groups is 1. The fraction of sp³-hybridized carbons (Fsp3) is 0.417. The van der Waals surface area contributed by atoms with Crippen LogP contribution in [-0.4, -0.2) is 12.6 Å². The molecule has 15 heavy (non-hydrogen) atoms. The molecule has 2 rings (SSSR count). The van der Waals surface area contributed by atoms with Gasteiger partial charge in [0.25, 0.3) is 0 Å². The van der Waals surface area contributed by atoms with Crippen molar-refractivity contribution in [1.82, 2.24) is 5.32 Å². The van der Waals surface area contributed by atoms with Crippen molar-refractivity contribution in [1.29, 1.82) is 0 Å². The van der Waals surface area contributed by atoms with Crippen LogP contribution in [0.25, 0.3) is 0 Å². The van der Waals surface area contributed by atoms with E-state index in [-0.39, 0.29) is 6.09 Å².